The van der Waals surface area contributed by atoms with Gasteiger partial charge in [0.2, 0.25) is 0 Å². The fourth-order valence-electron chi connectivity index (χ4n) is 2.53. The highest BCUT2D eigenvalue weighted by molar-refractivity contribution is 5.57. The Kier molecular flexibility index (Phi) is 4.69. The van der Waals surface area contributed by atoms with Gasteiger partial charge in [-0.25, -0.2) is 0 Å². The number of nitriles is 1. The summed E-state index contributed by atoms with van der Waals surface area (Å²) in [5.74, 6) is 0.830. The molecule has 1 atom stereocenters. The zero-order valence-corrected chi connectivity index (χ0v) is 13.0. The van der Waals surface area contributed by atoms with E-state index in [1.54, 1.807) is 12.4 Å². The number of ether oxygens (including phenoxy) is 1. The van der Waals surface area contributed by atoms with Crippen LogP contribution in [0.3, 0.4) is 0 Å². The molecule has 3 heterocycles. The first-order valence-corrected chi connectivity index (χ1v) is 7.67. The molecule has 0 spiro atoms. The van der Waals surface area contributed by atoms with E-state index in [1.807, 2.05) is 25.1 Å². The van der Waals surface area contributed by atoms with Crippen molar-refractivity contribution in [1.82, 2.24) is 15.3 Å². The molecule has 1 aliphatic heterocycles. The summed E-state index contributed by atoms with van der Waals surface area (Å²) in [6, 6.07) is 7.82. The predicted molar refractivity (Wildman–Crippen MR) is 87.2 cm³/mol. The van der Waals surface area contributed by atoms with E-state index >= 15 is 0 Å². The Morgan fingerprint density at radius 2 is 2.35 bits per heavy atom. The maximum absolute atomic E-state index is 9.14. The smallest absolute Gasteiger partial charge is 0.123 e. The van der Waals surface area contributed by atoms with Gasteiger partial charge in [0.1, 0.15) is 17.9 Å². The first-order chi connectivity index (χ1) is 11.2. The number of rotatable bonds is 5. The summed E-state index contributed by atoms with van der Waals surface area (Å²) in [6.45, 7) is 4.31. The Morgan fingerprint density at radius 1 is 1.43 bits per heavy atom. The molecule has 1 saturated heterocycles. The molecule has 6 nitrogen and oxygen atoms in total. The lowest BCUT2D eigenvalue weighted by molar-refractivity contribution is 0.222. The summed E-state index contributed by atoms with van der Waals surface area (Å²) in [7, 11) is 0. The zero-order valence-electron chi connectivity index (χ0n) is 13.0. The summed E-state index contributed by atoms with van der Waals surface area (Å²) in [6.07, 6.45) is 4.58. The van der Waals surface area contributed by atoms with E-state index < -0.39 is 0 Å². The fourth-order valence-corrected chi connectivity index (χ4v) is 2.53. The fraction of sp³-hybridized carbons (Fsp3) is 0.353. The molecule has 0 aliphatic carbocycles. The van der Waals surface area contributed by atoms with Gasteiger partial charge in [0.25, 0.3) is 0 Å². The van der Waals surface area contributed by atoms with Gasteiger partial charge in [-0.15, -0.1) is 0 Å². The quantitative estimate of drug-likeness (QED) is 0.879. The highest BCUT2D eigenvalue weighted by Crippen LogP contribution is 2.18. The van der Waals surface area contributed by atoms with Crippen molar-refractivity contribution in [2.45, 2.75) is 26.0 Å². The van der Waals surface area contributed by atoms with Crippen LogP contribution >= 0.6 is 0 Å². The number of anilines is 1. The lowest BCUT2D eigenvalue weighted by Crippen LogP contribution is -2.19. The lowest BCUT2D eigenvalue weighted by atomic mass is 10.2. The maximum Gasteiger partial charge on any atom is 0.123 e. The van der Waals surface area contributed by atoms with Crippen molar-refractivity contribution < 1.29 is 4.74 Å². The van der Waals surface area contributed by atoms with Crippen LogP contribution < -0.4 is 15.4 Å². The summed E-state index contributed by atoms with van der Waals surface area (Å²) >= 11 is 0. The van der Waals surface area contributed by atoms with Crippen LogP contribution in [0.25, 0.3) is 0 Å². The number of aromatic nitrogens is 2. The lowest BCUT2D eigenvalue weighted by Gasteiger charge is -2.13. The molecule has 6 heteroatoms. The van der Waals surface area contributed by atoms with E-state index in [0.29, 0.717) is 12.1 Å². The van der Waals surface area contributed by atoms with Crippen LogP contribution in [-0.4, -0.2) is 29.2 Å². The molecule has 1 aliphatic rings. The van der Waals surface area contributed by atoms with Crippen LogP contribution in [0.1, 0.15) is 23.4 Å². The van der Waals surface area contributed by atoms with Gasteiger partial charge in [-0.05, 0) is 32.0 Å². The second kappa shape index (κ2) is 7.07. The Hall–Kier alpha value is -2.65. The number of pyridine rings is 2. The van der Waals surface area contributed by atoms with Crippen LogP contribution in [0.15, 0.2) is 30.6 Å². The minimum absolute atomic E-state index is 0.228. The maximum atomic E-state index is 9.14. The Balaban J connectivity index is 1.66. The highest BCUT2D eigenvalue weighted by atomic mass is 16.5. The van der Waals surface area contributed by atoms with Crippen LogP contribution in [0, 0.1) is 18.3 Å². The highest BCUT2D eigenvalue weighted by Gasteiger charge is 2.16. The van der Waals surface area contributed by atoms with Crippen LogP contribution in [0.4, 0.5) is 5.69 Å². The first kappa shape index (κ1) is 15.3. The molecule has 23 heavy (non-hydrogen) atoms. The van der Waals surface area contributed by atoms with Crippen molar-refractivity contribution in [3.8, 4) is 11.8 Å². The molecule has 0 aromatic carbocycles. The van der Waals surface area contributed by atoms with E-state index in [4.69, 9.17) is 10.00 Å². The molecule has 2 aromatic rings. The molecular weight excluding hydrogens is 290 g/mol. The molecule has 2 aromatic heterocycles. The average molecular weight is 309 g/mol. The topological polar surface area (TPSA) is 82.9 Å². The monoisotopic (exact) mass is 309 g/mol. The SMILES string of the molecule is Cc1cc(NCc2cc(O[C@H]3CCNC3)ccn2)c(C#N)cn1. The molecule has 0 saturated carbocycles. The van der Waals surface area contributed by atoms with Crippen LogP contribution in [0.5, 0.6) is 5.75 Å². The Labute approximate surface area is 135 Å². The van der Waals surface area contributed by atoms with Gasteiger partial charge in [0.05, 0.1) is 23.5 Å². The van der Waals surface area contributed by atoms with Gasteiger partial charge < -0.3 is 15.4 Å². The number of hydrogen-bond donors (Lipinski definition) is 2. The van der Waals surface area contributed by atoms with Gasteiger partial charge in [0.15, 0.2) is 0 Å². The molecule has 2 N–H and O–H groups in total. The molecule has 0 unspecified atom stereocenters. The van der Waals surface area contributed by atoms with Crippen molar-refractivity contribution in [3.05, 3.63) is 47.5 Å². The van der Waals surface area contributed by atoms with Crippen molar-refractivity contribution in [2.75, 3.05) is 18.4 Å². The van der Waals surface area contributed by atoms with Gasteiger partial charge >= 0.3 is 0 Å². The van der Waals surface area contributed by atoms with E-state index in [1.165, 1.54) is 0 Å². The summed E-state index contributed by atoms with van der Waals surface area (Å²) in [5.41, 5.74) is 3.03. The third kappa shape index (κ3) is 3.96. The number of hydrogen-bond acceptors (Lipinski definition) is 6. The third-order valence-electron chi connectivity index (χ3n) is 3.73. The van der Waals surface area contributed by atoms with E-state index in [9.17, 15) is 0 Å². The second-order valence-corrected chi connectivity index (χ2v) is 5.55. The number of aryl methyl sites for hydroxylation is 1. The minimum Gasteiger partial charge on any atom is -0.489 e. The predicted octanol–water partition coefficient (Wildman–Crippen LogP) is 2.01. The third-order valence-corrected chi connectivity index (χ3v) is 3.73. The Bertz CT molecular complexity index is 719. The van der Waals surface area contributed by atoms with Gasteiger partial charge in [-0.1, -0.05) is 0 Å². The molecule has 0 amide bonds. The number of nitrogens with one attached hydrogen (secondary N) is 2. The zero-order chi connectivity index (χ0) is 16.1. The van der Waals surface area contributed by atoms with Crippen molar-refractivity contribution in [3.63, 3.8) is 0 Å². The summed E-state index contributed by atoms with van der Waals surface area (Å²) in [5, 5.41) is 15.7. The molecule has 0 bridgehead atoms. The first-order valence-electron chi connectivity index (χ1n) is 7.67. The van der Waals surface area contributed by atoms with E-state index in [-0.39, 0.29) is 6.10 Å². The van der Waals surface area contributed by atoms with Crippen LogP contribution in [-0.2, 0) is 6.54 Å². The molecule has 3 rings (SSSR count). The van der Waals surface area contributed by atoms with Crippen molar-refractivity contribution in [1.29, 1.82) is 5.26 Å². The Morgan fingerprint density at radius 3 is 3.13 bits per heavy atom. The average Bonchev–Trinajstić information content (AvgIpc) is 3.06. The summed E-state index contributed by atoms with van der Waals surface area (Å²) < 4.78 is 5.94. The van der Waals surface area contributed by atoms with Crippen molar-refractivity contribution >= 4 is 5.69 Å². The van der Waals surface area contributed by atoms with Gasteiger partial charge in [0, 0.05) is 30.7 Å². The standard InChI is InChI=1S/C17H19N5O/c1-12-6-17(13(8-18)9-21-12)22-10-14-7-15(3-5-20-14)23-16-2-4-19-11-16/h3,5-7,9,16,19H,2,4,10-11H2,1H3,(H,21,22)/t16-/m0/s1. The van der Waals surface area contributed by atoms with Crippen molar-refractivity contribution in [2.24, 2.45) is 0 Å². The van der Waals surface area contributed by atoms with E-state index in [0.717, 1.165) is 42.3 Å². The van der Waals surface area contributed by atoms with Crippen LogP contribution in [0.2, 0.25) is 0 Å². The normalized spacial score (nSPS) is 16.8. The largest absolute Gasteiger partial charge is 0.489 e. The molecular formula is C17H19N5O. The molecule has 118 valence electrons. The van der Waals surface area contributed by atoms with Gasteiger partial charge in [-0.2, -0.15) is 5.26 Å². The molecule has 0 radical (unpaired) electrons. The number of nitrogens with zero attached hydrogens (tertiary/aromatic N) is 3. The second-order valence-electron chi connectivity index (χ2n) is 5.55. The summed E-state index contributed by atoms with van der Waals surface area (Å²) in [4.78, 5) is 8.48. The minimum atomic E-state index is 0.228. The molecule has 1 fully saturated rings. The van der Waals surface area contributed by atoms with Gasteiger partial charge in [-0.3, -0.25) is 9.97 Å². The van der Waals surface area contributed by atoms with E-state index in [2.05, 4.69) is 26.7 Å².